The molecule has 2 heterocycles. The van der Waals surface area contributed by atoms with Crippen LogP contribution < -0.4 is 5.32 Å². The topological polar surface area (TPSA) is 48.1 Å². The van der Waals surface area contributed by atoms with Crippen LogP contribution >= 0.6 is 0 Å². The predicted octanol–water partition coefficient (Wildman–Crippen LogP) is 2.61. The molecule has 0 saturated carbocycles. The van der Waals surface area contributed by atoms with Gasteiger partial charge in [-0.15, -0.1) is 0 Å². The zero-order valence-corrected chi connectivity index (χ0v) is 13.0. The van der Waals surface area contributed by atoms with Crippen LogP contribution in [0.5, 0.6) is 0 Å². The number of piperidine rings is 1. The highest BCUT2D eigenvalue weighted by Crippen LogP contribution is 2.24. The third-order valence-electron chi connectivity index (χ3n) is 4.64. The average molecular weight is 285 g/mol. The number of para-hydroxylation sites is 1. The first kappa shape index (κ1) is 14.1. The van der Waals surface area contributed by atoms with Crippen molar-refractivity contribution in [3.63, 3.8) is 0 Å². The third kappa shape index (κ3) is 2.68. The van der Waals surface area contributed by atoms with Gasteiger partial charge in [-0.05, 0) is 58.5 Å². The highest BCUT2D eigenvalue weighted by molar-refractivity contribution is 6.06. The van der Waals surface area contributed by atoms with Gasteiger partial charge in [-0.1, -0.05) is 12.1 Å². The van der Waals surface area contributed by atoms with E-state index in [9.17, 15) is 4.79 Å². The van der Waals surface area contributed by atoms with Gasteiger partial charge in [0.25, 0.3) is 5.91 Å². The fourth-order valence-electron chi connectivity index (χ4n) is 3.09. The van der Waals surface area contributed by atoms with Gasteiger partial charge in [0.15, 0.2) is 0 Å². The molecular formula is C17H23N3O. The van der Waals surface area contributed by atoms with Crippen molar-refractivity contribution in [2.45, 2.75) is 32.7 Å². The van der Waals surface area contributed by atoms with Gasteiger partial charge in [0, 0.05) is 17.1 Å². The van der Waals surface area contributed by atoms with E-state index in [1.54, 1.807) is 0 Å². The zero-order chi connectivity index (χ0) is 15.0. The van der Waals surface area contributed by atoms with E-state index in [0.717, 1.165) is 48.1 Å². The van der Waals surface area contributed by atoms with Gasteiger partial charge in [0.2, 0.25) is 0 Å². The van der Waals surface area contributed by atoms with E-state index in [1.165, 1.54) is 5.56 Å². The number of fused-ring (bicyclic) bond motifs is 1. The number of nitrogens with one attached hydrogen (secondary N) is 2. The molecule has 4 nitrogen and oxygen atoms in total. The number of hydrogen-bond acceptors (Lipinski definition) is 2. The standard InChI is InChI=1S/C17H23N3O/c1-11-12(2)18-16-14(11)5-4-6-15(16)17(21)19-13-7-9-20(3)10-8-13/h4-6,13,18H,7-10H2,1-3H3,(H,19,21). The number of hydrogen-bond donors (Lipinski definition) is 2. The van der Waals surface area contributed by atoms with Crippen LogP contribution in [0.15, 0.2) is 18.2 Å². The van der Waals surface area contributed by atoms with Crippen molar-refractivity contribution in [3.8, 4) is 0 Å². The van der Waals surface area contributed by atoms with Gasteiger partial charge in [-0.25, -0.2) is 0 Å². The maximum atomic E-state index is 12.6. The molecule has 1 fully saturated rings. The molecule has 0 atom stereocenters. The molecule has 112 valence electrons. The summed E-state index contributed by atoms with van der Waals surface area (Å²) < 4.78 is 0. The minimum Gasteiger partial charge on any atom is -0.358 e. The van der Waals surface area contributed by atoms with Crippen LogP contribution in [0.1, 0.15) is 34.5 Å². The molecule has 1 aliphatic heterocycles. The smallest absolute Gasteiger partial charge is 0.253 e. The number of aryl methyl sites for hydroxylation is 2. The number of rotatable bonds is 2. The summed E-state index contributed by atoms with van der Waals surface area (Å²) in [6.45, 7) is 6.24. The Morgan fingerprint density at radius 3 is 2.71 bits per heavy atom. The minimum absolute atomic E-state index is 0.0383. The lowest BCUT2D eigenvalue weighted by molar-refractivity contribution is 0.0918. The molecule has 1 amide bonds. The molecule has 1 saturated heterocycles. The number of H-pyrrole nitrogens is 1. The number of nitrogens with zero attached hydrogens (tertiary/aromatic N) is 1. The second kappa shape index (κ2) is 5.53. The number of amides is 1. The van der Waals surface area contributed by atoms with Gasteiger partial charge >= 0.3 is 0 Å². The summed E-state index contributed by atoms with van der Waals surface area (Å²) in [6, 6.07) is 6.23. The first-order valence-corrected chi connectivity index (χ1v) is 7.63. The molecule has 2 aromatic rings. The van der Waals surface area contributed by atoms with Crippen molar-refractivity contribution >= 4 is 16.8 Å². The summed E-state index contributed by atoms with van der Waals surface area (Å²) in [7, 11) is 2.13. The Kier molecular flexibility index (Phi) is 3.72. The van der Waals surface area contributed by atoms with Gasteiger partial charge < -0.3 is 15.2 Å². The maximum absolute atomic E-state index is 12.6. The third-order valence-corrected chi connectivity index (χ3v) is 4.64. The van der Waals surface area contributed by atoms with Crippen LogP contribution in [0, 0.1) is 13.8 Å². The van der Waals surface area contributed by atoms with Crippen LogP contribution in [0.2, 0.25) is 0 Å². The van der Waals surface area contributed by atoms with Crippen molar-refractivity contribution in [1.82, 2.24) is 15.2 Å². The highest BCUT2D eigenvalue weighted by Gasteiger charge is 2.20. The van der Waals surface area contributed by atoms with Gasteiger partial charge in [-0.3, -0.25) is 4.79 Å². The molecular weight excluding hydrogens is 262 g/mol. The Balaban J connectivity index is 1.83. The number of carbonyl (C=O) groups excluding carboxylic acids is 1. The molecule has 1 aliphatic rings. The monoisotopic (exact) mass is 285 g/mol. The average Bonchev–Trinajstić information content (AvgIpc) is 2.77. The lowest BCUT2D eigenvalue weighted by Crippen LogP contribution is -2.43. The Labute approximate surface area is 125 Å². The summed E-state index contributed by atoms with van der Waals surface area (Å²) in [5.74, 6) is 0.0383. The largest absolute Gasteiger partial charge is 0.358 e. The number of carbonyl (C=O) groups is 1. The SMILES string of the molecule is Cc1[nH]c2c(C(=O)NC3CCN(C)CC3)cccc2c1C. The van der Waals surface area contributed by atoms with E-state index >= 15 is 0 Å². The number of benzene rings is 1. The normalized spacial score (nSPS) is 17.3. The Morgan fingerprint density at radius 2 is 2.00 bits per heavy atom. The lowest BCUT2D eigenvalue weighted by Gasteiger charge is -2.29. The van der Waals surface area contributed by atoms with Gasteiger partial charge in [0.1, 0.15) is 0 Å². The molecule has 0 bridgehead atoms. The molecule has 21 heavy (non-hydrogen) atoms. The van der Waals surface area contributed by atoms with E-state index in [2.05, 4.69) is 35.2 Å². The molecule has 1 aromatic carbocycles. The molecule has 0 radical (unpaired) electrons. The second-order valence-electron chi connectivity index (χ2n) is 6.15. The molecule has 1 aromatic heterocycles. The predicted molar refractivity (Wildman–Crippen MR) is 85.8 cm³/mol. The molecule has 0 aliphatic carbocycles. The molecule has 0 spiro atoms. The summed E-state index contributed by atoms with van der Waals surface area (Å²) in [5, 5.41) is 4.33. The Morgan fingerprint density at radius 1 is 1.29 bits per heavy atom. The highest BCUT2D eigenvalue weighted by atomic mass is 16.1. The maximum Gasteiger partial charge on any atom is 0.253 e. The van der Waals surface area contributed by atoms with Crippen LogP contribution in [0.3, 0.4) is 0 Å². The van der Waals surface area contributed by atoms with E-state index in [0.29, 0.717) is 6.04 Å². The number of likely N-dealkylation sites (tertiary alicyclic amines) is 1. The number of aromatic nitrogens is 1. The van der Waals surface area contributed by atoms with Crippen molar-refractivity contribution in [1.29, 1.82) is 0 Å². The second-order valence-corrected chi connectivity index (χ2v) is 6.15. The summed E-state index contributed by atoms with van der Waals surface area (Å²) in [5.41, 5.74) is 4.06. The van der Waals surface area contributed by atoms with Crippen LogP contribution in [-0.4, -0.2) is 42.0 Å². The Bertz CT molecular complexity index is 666. The van der Waals surface area contributed by atoms with Crippen molar-refractivity contribution in [3.05, 3.63) is 35.0 Å². The summed E-state index contributed by atoms with van der Waals surface area (Å²) >= 11 is 0. The van der Waals surface area contributed by atoms with Crippen LogP contribution in [0.4, 0.5) is 0 Å². The molecule has 3 rings (SSSR count). The minimum atomic E-state index is 0.0383. The summed E-state index contributed by atoms with van der Waals surface area (Å²) in [4.78, 5) is 18.2. The van der Waals surface area contributed by atoms with E-state index in [-0.39, 0.29) is 5.91 Å². The van der Waals surface area contributed by atoms with Crippen LogP contribution in [0.25, 0.3) is 10.9 Å². The van der Waals surface area contributed by atoms with Crippen molar-refractivity contribution in [2.75, 3.05) is 20.1 Å². The van der Waals surface area contributed by atoms with Crippen molar-refractivity contribution in [2.24, 2.45) is 0 Å². The fraction of sp³-hybridized carbons (Fsp3) is 0.471. The first-order valence-electron chi connectivity index (χ1n) is 7.63. The molecule has 2 N–H and O–H groups in total. The van der Waals surface area contributed by atoms with E-state index in [1.807, 2.05) is 19.1 Å². The first-order chi connectivity index (χ1) is 10.1. The fourth-order valence-corrected chi connectivity index (χ4v) is 3.09. The molecule has 0 unspecified atom stereocenters. The van der Waals surface area contributed by atoms with Crippen molar-refractivity contribution < 1.29 is 4.79 Å². The van der Waals surface area contributed by atoms with Gasteiger partial charge in [-0.2, -0.15) is 0 Å². The van der Waals surface area contributed by atoms with E-state index in [4.69, 9.17) is 0 Å². The quantitative estimate of drug-likeness (QED) is 0.891. The van der Waals surface area contributed by atoms with Gasteiger partial charge in [0.05, 0.1) is 11.1 Å². The van der Waals surface area contributed by atoms with E-state index < -0.39 is 0 Å². The van der Waals surface area contributed by atoms with Crippen LogP contribution in [-0.2, 0) is 0 Å². The lowest BCUT2D eigenvalue weighted by atomic mass is 10.0. The molecule has 4 heteroatoms. The summed E-state index contributed by atoms with van der Waals surface area (Å²) in [6.07, 6.45) is 2.06. The zero-order valence-electron chi connectivity index (χ0n) is 13.0. The Hall–Kier alpha value is -1.81. The number of aromatic amines is 1.